The van der Waals surface area contributed by atoms with Crippen molar-refractivity contribution in [1.82, 2.24) is 20.2 Å². The van der Waals surface area contributed by atoms with Gasteiger partial charge in [0.05, 0.1) is 60.6 Å². The number of halogens is 1. The molecule has 14 radical (unpaired) electrons. The van der Waals surface area contributed by atoms with Crippen LogP contribution in [0.3, 0.4) is 0 Å². The largest absolute Gasteiger partial charge is 0.310 e. The van der Waals surface area contributed by atoms with Gasteiger partial charge >= 0.3 is 0 Å². The number of nitrogens with one attached hydrogen (secondary N) is 2. The molecule has 0 spiro atoms. The molecule has 136 valence electrons. The minimum Gasteiger partial charge on any atom is -0.310 e. The van der Waals surface area contributed by atoms with Gasteiger partial charge in [-0.3, -0.25) is 14.9 Å². The number of hydrogen-bond donors (Lipinski definition) is 2. The van der Waals surface area contributed by atoms with Gasteiger partial charge in [-0.25, -0.2) is 4.98 Å². The fourth-order valence-corrected chi connectivity index (χ4v) is 2.95. The summed E-state index contributed by atoms with van der Waals surface area (Å²) in [6.07, 6.45) is 4.35. The number of carbonyl (C=O) groups is 1. The molecule has 0 fully saturated rings. The molecule has 0 unspecified atom stereocenters. The number of hydrogen-bond acceptors (Lipinski definition) is 4. The Kier molecular flexibility index (Phi) is 6.29. The quantitative estimate of drug-likeness (QED) is 0.433. The SMILES string of the molecule is [B]C([B])([B])c1c(NC(=O)C([B])([B])C([B])([B])c2ccc(Cl)nc2)n[nH]c1-c1ccncc1. The maximum absolute atomic E-state index is 13.0. The van der Waals surface area contributed by atoms with Crippen LogP contribution >= 0.6 is 11.6 Å². The van der Waals surface area contributed by atoms with Crippen molar-refractivity contribution in [1.29, 1.82) is 0 Å². The van der Waals surface area contributed by atoms with Gasteiger partial charge in [0, 0.05) is 29.7 Å². The van der Waals surface area contributed by atoms with E-state index in [0.29, 0.717) is 11.3 Å². The fourth-order valence-electron chi connectivity index (χ4n) is 2.84. The Bertz CT molecular complexity index is 1080. The average Bonchev–Trinajstić information content (AvgIpc) is 3.13. The van der Waals surface area contributed by atoms with E-state index < -0.39 is 21.4 Å². The zero-order valence-corrected chi connectivity index (χ0v) is 17.0. The molecule has 2 N–H and O–H groups in total. The van der Waals surface area contributed by atoms with Crippen LogP contribution in [-0.2, 0) is 15.1 Å². The van der Waals surface area contributed by atoms with E-state index in [1.165, 1.54) is 18.3 Å². The molecule has 0 aliphatic carbocycles. The maximum Gasteiger partial charge on any atom is 0.214 e. The van der Waals surface area contributed by atoms with Gasteiger partial charge in [-0.15, -0.1) is 5.11 Å². The summed E-state index contributed by atoms with van der Waals surface area (Å²) in [7, 11) is 42.1. The summed E-state index contributed by atoms with van der Waals surface area (Å²) in [6, 6.07) is 6.22. The van der Waals surface area contributed by atoms with Crippen LogP contribution in [0.15, 0.2) is 42.9 Å². The molecule has 0 saturated carbocycles. The summed E-state index contributed by atoms with van der Waals surface area (Å²) in [5, 5.41) is 3.16. The lowest BCUT2D eigenvalue weighted by Crippen LogP contribution is -2.50. The monoisotopic (exact) mass is 411 g/mol. The van der Waals surface area contributed by atoms with Crippen LogP contribution in [0.1, 0.15) is 11.1 Å². The van der Waals surface area contributed by atoms with Crippen molar-refractivity contribution >= 4 is 78.2 Å². The van der Waals surface area contributed by atoms with Gasteiger partial charge in [-0.05, 0) is 29.0 Å². The van der Waals surface area contributed by atoms with Crippen LogP contribution in [0.4, 0.5) is 5.82 Å². The number of rotatable bonds is 6. The van der Waals surface area contributed by atoms with E-state index in [1.54, 1.807) is 24.5 Å². The van der Waals surface area contributed by atoms with Crippen molar-refractivity contribution in [2.24, 2.45) is 0 Å². The molecule has 3 rings (SSSR count). The molecule has 0 atom stereocenters. The molecular formula is C17H9B7ClN5O. The summed E-state index contributed by atoms with van der Waals surface area (Å²) in [6.45, 7) is 0. The number of H-pyrrole nitrogens is 1. The number of aromatic nitrogens is 4. The van der Waals surface area contributed by atoms with Gasteiger partial charge in [0.1, 0.15) is 5.15 Å². The Morgan fingerprint density at radius 3 is 2.19 bits per heavy atom. The standard InChI is InChI=1S/C17H9B7ClN5O/c18-15(19,9-1-2-10(25)27-7-9)16(20,21)14(31)28-13-11(17(22,23)24)12(29-30-13)8-3-5-26-6-4-8/h1-7H,(H2,28,29,30,31). The fraction of sp³-hybridized carbons (Fsp3) is 0.176. The third kappa shape index (κ3) is 4.52. The Labute approximate surface area is 194 Å². The Hall–Kier alpha value is -2.28. The topological polar surface area (TPSA) is 83.6 Å². The zero-order valence-electron chi connectivity index (χ0n) is 16.2. The molecule has 3 heterocycles. The summed E-state index contributed by atoms with van der Waals surface area (Å²) < 4.78 is 0. The molecule has 14 heteroatoms. The number of pyridine rings is 2. The predicted molar refractivity (Wildman–Crippen MR) is 126 cm³/mol. The van der Waals surface area contributed by atoms with Crippen molar-refractivity contribution in [2.75, 3.05) is 5.32 Å². The second-order valence-electron chi connectivity index (χ2n) is 7.05. The smallest absolute Gasteiger partial charge is 0.214 e. The van der Waals surface area contributed by atoms with Gasteiger partial charge in [0.25, 0.3) is 0 Å². The molecule has 3 aromatic heterocycles. The Morgan fingerprint density at radius 2 is 1.65 bits per heavy atom. The zero-order chi connectivity index (χ0) is 23.0. The first-order valence-corrected chi connectivity index (χ1v) is 9.18. The van der Waals surface area contributed by atoms with Crippen molar-refractivity contribution in [3.05, 3.63) is 59.1 Å². The van der Waals surface area contributed by atoms with Crippen molar-refractivity contribution in [3.63, 3.8) is 0 Å². The lowest BCUT2D eigenvalue weighted by Gasteiger charge is -2.43. The van der Waals surface area contributed by atoms with Crippen LogP contribution in [0, 0.1) is 0 Å². The number of anilines is 1. The first kappa shape index (κ1) is 23.4. The summed E-state index contributed by atoms with van der Waals surface area (Å²) >= 11 is 5.77. The minimum atomic E-state index is -2.32. The third-order valence-electron chi connectivity index (χ3n) is 4.67. The van der Waals surface area contributed by atoms with Gasteiger partial charge in [-0.2, -0.15) is 5.10 Å². The van der Waals surface area contributed by atoms with E-state index in [0.717, 1.165) is 0 Å². The van der Waals surface area contributed by atoms with E-state index in [2.05, 4.69) is 25.5 Å². The molecule has 0 aliphatic rings. The Morgan fingerprint density at radius 1 is 1.00 bits per heavy atom. The number of aromatic amines is 1. The van der Waals surface area contributed by atoms with Gasteiger partial charge < -0.3 is 5.32 Å². The molecule has 0 saturated heterocycles. The highest BCUT2D eigenvalue weighted by molar-refractivity contribution is 6.62. The molecule has 0 aromatic carbocycles. The third-order valence-corrected chi connectivity index (χ3v) is 4.89. The van der Waals surface area contributed by atoms with Crippen LogP contribution in [0.25, 0.3) is 11.3 Å². The normalized spacial score (nSPS) is 12.4. The van der Waals surface area contributed by atoms with Crippen LogP contribution in [-0.4, -0.2) is 81.0 Å². The van der Waals surface area contributed by atoms with E-state index in [4.69, 9.17) is 66.5 Å². The van der Waals surface area contributed by atoms with E-state index in [1.807, 2.05) is 0 Å². The van der Waals surface area contributed by atoms with Crippen molar-refractivity contribution in [3.8, 4) is 11.3 Å². The Balaban J connectivity index is 1.97. The average molecular weight is 410 g/mol. The number of nitrogens with zero attached hydrogens (tertiary/aromatic N) is 3. The maximum atomic E-state index is 13.0. The first-order valence-electron chi connectivity index (χ1n) is 8.80. The van der Waals surface area contributed by atoms with E-state index >= 15 is 0 Å². The lowest BCUT2D eigenvalue weighted by atomic mass is 9.28. The molecule has 0 bridgehead atoms. The highest BCUT2D eigenvalue weighted by atomic mass is 35.5. The lowest BCUT2D eigenvalue weighted by molar-refractivity contribution is -0.117. The summed E-state index contributed by atoms with van der Waals surface area (Å²) in [5.74, 6) is -1.08. The van der Waals surface area contributed by atoms with Crippen molar-refractivity contribution in [2.45, 2.75) is 15.5 Å². The highest BCUT2D eigenvalue weighted by Crippen LogP contribution is 2.40. The first-order chi connectivity index (χ1) is 14.4. The molecule has 3 aromatic rings. The molecule has 1 amide bonds. The molecule has 0 aliphatic heterocycles. The summed E-state index contributed by atoms with van der Waals surface area (Å²) in [4.78, 5) is 20.8. The van der Waals surface area contributed by atoms with E-state index in [-0.39, 0.29) is 22.1 Å². The van der Waals surface area contributed by atoms with Crippen molar-refractivity contribution < 1.29 is 4.79 Å². The second kappa shape index (κ2) is 8.34. The van der Waals surface area contributed by atoms with E-state index in [9.17, 15) is 4.79 Å². The predicted octanol–water partition coefficient (Wildman–Crippen LogP) is -0.282. The number of carbonyl (C=O) groups excluding carboxylic acids is 1. The molecule has 6 nitrogen and oxygen atoms in total. The van der Waals surface area contributed by atoms with Crippen LogP contribution < -0.4 is 5.32 Å². The minimum absolute atomic E-state index is 0.0932. The van der Waals surface area contributed by atoms with Gasteiger partial charge in [-0.1, -0.05) is 22.9 Å². The summed E-state index contributed by atoms with van der Waals surface area (Å²) in [5.41, 5.74) is 1.24. The van der Waals surface area contributed by atoms with Crippen LogP contribution in [0.2, 0.25) is 10.4 Å². The molecule has 31 heavy (non-hydrogen) atoms. The molecular weight excluding hydrogens is 401 g/mol. The number of amides is 1. The highest BCUT2D eigenvalue weighted by Gasteiger charge is 2.42. The van der Waals surface area contributed by atoms with Crippen LogP contribution in [0.5, 0.6) is 0 Å². The van der Waals surface area contributed by atoms with Gasteiger partial charge in [0.2, 0.25) is 5.91 Å². The van der Waals surface area contributed by atoms with Gasteiger partial charge in [0.15, 0.2) is 5.82 Å². The second-order valence-corrected chi connectivity index (χ2v) is 7.44.